The van der Waals surface area contributed by atoms with Crippen molar-refractivity contribution in [3.05, 3.63) is 89.1 Å². The molecule has 2 fully saturated rings. The third kappa shape index (κ3) is 4.08. The van der Waals surface area contributed by atoms with Crippen LogP contribution in [0.25, 0.3) is 23.1 Å². The Morgan fingerprint density at radius 2 is 1.89 bits per heavy atom. The lowest BCUT2D eigenvalue weighted by molar-refractivity contribution is -0.118. The maximum absolute atomic E-state index is 12.9. The number of rotatable bonds is 7. The van der Waals surface area contributed by atoms with Gasteiger partial charge in [-0.1, -0.05) is 48.5 Å². The number of ether oxygens (including phenoxy) is 2. The molecule has 1 aromatic heterocycles. The summed E-state index contributed by atoms with van der Waals surface area (Å²) in [6, 6.07) is 22.6. The number of carbonyl (C=O) groups is 1. The molecule has 0 radical (unpaired) electrons. The van der Waals surface area contributed by atoms with Gasteiger partial charge in [-0.3, -0.25) is 14.8 Å². The Morgan fingerprint density at radius 3 is 2.76 bits per heavy atom. The molecule has 38 heavy (non-hydrogen) atoms. The van der Waals surface area contributed by atoms with Crippen molar-refractivity contribution in [3.8, 4) is 5.75 Å². The second kappa shape index (κ2) is 9.42. The van der Waals surface area contributed by atoms with E-state index in [4.69, 9.17) is 9.47 Å². The molecule has 0 unspecified atom stereocenters. The van der Waals surface area contributed by atoms with Crippen LogP contribution in [-0.2, 0) is 14.9 Å². The largest absolute Gasteiger partial charge is 0.492 e. The van der Waals surface area contributed by atoms with Crippen LogP contribution >= 0.6 is 0 Å². The topological polar surface area (TPSA) is 79.5 Å². The fraction of sp³-hybridized carbons (Fsp3) is 0.290. The first-order chi connectivity index (χ1) is 18.7. The number of hydrogen-bond donors (Lipinski definition) is 2. The zero-order valence-electron chi connectivity index (χ0n) is 21.2. The summed E-state index contributed by atoms with van der Waals surface area (Å²) in [5, 5.41) is 11.9. The number of aromatic nitrogens is 2. The minimum Gasteiger partial charge on any atom is -0.492 e. The summed E-state index contributed by atoms with van der Waals surface area (Å²) in [6.45, 7) is 5.16. The molecule has 2 N–H and O–H groups in total. The van der Waals surface area contributed by atoms with Crippen LogP contribution in [-0.4, -0.2) is 60.5 Å². The summed E-state index contributed by atoms with van der Waals surface area (Å²) in [6.07, 6.45) is 4.94. The molecule has 3 aliphatic rings. The van der Waals surface area contributed by atoms with Crippen LogP contribution in [0.3, 0.4) is 0 Å². The lowest BCUT2D eigenvalue weighted by Gasteiger charge is -2.26. The Morgan fingerprint density at radius 1 is 1.05 bits per heavy atom. The summed E-state index contributed by atoms with van der Waals surface area (Å²) in [5.41, 5.74) is 5.79. The number of carbonyl (C=O) groups excluding carboxylic acids is 1. The number of amides is 1. The van der Waals surface area contributed by atoms with Crippen molar-refractivity contribution in [2.75, 3.05) is 44.8 Å². The van der Waals surface area contributed by atoms with E-state index in [-0.39, 0.29) is 11.8 Å². The highest BCUT2D eigenvalue weighted by Crippen LogP contribution is 2.64. The second-order valence-electron chi connectivity index (χ2n) is 10.3. The van der Waals surface area contributed by atoms with E-state index in [1.807, 2.05) is 36.4 Å². The number of H-pyrrole nitrogens is 1. The van der Waals surface area contributed by atoms with Crippen molar-refractivity contribution in [1.82, 2.24) is 15.1 Å². The zero-order chi connectivity index (χ0) is 25.5. The zero-order valence-corrected chi connectivity index (χ0v) is 21.2. The number of morpholine rings is 1. The van der Waals surface area contributed by atoms with Crippen LogP contribution in [0.4, 0.5) is 5.69 Å². The van der Waals surface area contributed by atoms with Crippen LogP contribution in [0.2, 0.25) is 0 Å². The smallest absolute Gasteiger partial charge is 0.235 e. The van der Waals surface area contributed by atoms with Gasteiger partial charge in [0.05, 0.1) is 29.8 Å². The average Bonchev–Trinajstić information content (AvgIpc) is 3.49. The first-order valence-corrected chi connectivity index (χ1v) is 13.3. The van der Waals surface area contributed by atoms with E-state index in [0.717, 1.165) is 78.4 Å². The van der Waals surface area contributed by atoms with E-state index in [1.165, 1.54) is 5.56 Å². The van der Waals surface area contributed by atoms with Crippen molar-refractivity contribution in [2.24, 2.45) is 0 Å². The van der Waals surface area contributed by atoms with Gasteiger partial charge in [0.1, 0.15) is 12.4 Å². The molecular weight excluding hydrogens is 476 g/mol. The third-order valence-corrected chi connectivity index (χ3v) is 8.13. The summed E-state index contributed by atoms with van der Waals surface area (Å²) in [4.78, 5) is 15.2. The highest BCUT2D eigenvalue weighted by molar-refractivity contribution is 6.09. The molecule has 2 aliphatic heterocycles. The molecule has 0 bridgehead atoms. The molecular formula is C31H30N4O3. The number of para-hydroxylation sites is 1. The molecule has 7 nitrogen and oxygen atoms in total. The van der Waals surface area contributed by atoms with Crippen molar-refractivity contribution in [1.29, 1.82) is 0 Å². The standard InChI is InChI=1S/C31H30N4O3/c36-30-31(25-3-1-2-4-28(25)32-30)20-26(31)22-8-11-24-27(33-34-29(24)19-22)12-7-21-5-9-23(10-6-21)38-18-15-35-13-16-37-17-14-35/h1-12,19,26H,13-18,20H2,(H,32,36)(H,33,34)/t26-,31-/m0/s1. The molecule has 1 spiro atoms. The number of hydrogen-bond acceptors (Lipinski definition) is 5. The summed E-state index contributed by atoms with van der Waals surface area (Å²) in [5.74, 6) is 1.18. The molecule has 1 aliphatic carbocycles. The van der Waals surface area contributed by atoms with Gasteiger partial charge >= 0.3 is 0 Å². The summed E-state index contributed by atoms with van der Waals surface area (Å²) >= 11 is 0. The van der Waals surface area contributed by atoms with E-state index in [1.54, 1.807) is 0 Å². The van der Waals surface area contributed by atoms with E-state index >= 15 is 0 Å². The molecule has 3 aromatic carbocycles. The van der Waals surface area contributed by atoms with Gasteiger partial charge in [0, 0.05) is 36.6 Å². The summed E-state index contributed by atoms with van der Waals surface area (Å²) < 4.78 is 11.3. The molecule has 2 atom stereocenters. The first-order valence-electron chi connectivity index (χ1n) is 13.3. The fourth-order valence-electron chi connectivity index (χ4n) is 5.92. The number of anilines is 1. The normalized spacial score (nSPS) is 22.7. The number of nitrogens with zero attached hydrogens (tertiary/aromatic N) is 2. The second-order valence-corrected chi connectivity index (χ2v) is 10.3. The predicted molar refractivity (Wildman–Crippen MR) is 148 cm³/mol. The Balaban J connectivity index is 1.01. The quantitative estimate of drug-likeness (QED) is 0.376. The lowest BCUT2D eigenvalue weighted by atomic mass is 9.92. The van der Waals surface area contributed by atoms with Gasteiger partial charge in [-0.05, 0) is 53.5 Å². The number of benzene rings is 3. The maximum Gasteiger partial charge on any atom is 0.235 e. The van der Waals surface area contributed by atoms with Crippen LogP contribution in [0, 0.1) is 0 Å². The molecule has 3 heterocycles. The Kier molecular flexibility index (Phi) is 5.75. The maximum atomic E-state index is 12.9. The van der Waals surface area contributed by atoms with Gasteiger partial charge in [0.25, 0.3) is 0 Å². The van der Waals surface area contributed by atoms with Gasteiger partial charge in [0.2, 0.25) is 5.91 Å². The fourth-order valence-corrected chi connectivity index (χ4v) is 5.92. The Labute approximate surface area is 221 Å². The molecule has 1 amide bonds. The van der Waals surface area contributed by atoms with Crippen molar-refractivity contribution >= 4 is 34.6 Å². The highest BCUT2D eigenvalue weighted by atomic mass is 16.5. The van der Waals surface area contributed by atoms with Crippen LogP contribution in [0.15, 0.2) is 66.7 Å². The van der Waals surface area contributed by atoms with Crippen LogP contribution < -0.4 is 10.1 Å². The third-order valence-electron chi connectivity index (χ3n) is 8.13. The number of aromatic amines is 1. The highest BCUT2D eigenvalue weighted by Gasteiger charge is 2.65. The van der Waals surface area contributed by atoms with Crippen molar-refractivity contribution in [2.45, 2.75) is 17.8 Å². The summed E-state index contributed by atoms with van der Waals surface area (Å²) in [7, 11) is 0. The van der Waals surface area contributed by atoms with Gasteiger partial charge < -0.3 is 14.8 Å². The van der Waals surface area contributed by atoms with E-state index in [9.17, 15) is 4.79 Å². The van der Waals surface area contributed by atoms with E-state index in [0.29, 0.717) is 6.61 Å². The molecule has 1 saturated heterocycles. The van der Waals surface area contributed by atoms with Crippen LogP contribution in [0.1, 0.15) is 34.7 Å². The molecule has 7 rings (SSSR count). The monoisotopic (exact) mass is 506 g/mol. The Hall–Kier alpha value is -3.94. The van der Waals surface area contributed by atoms with E-state index < -0.39 is 5.41 Å². The minimum atomic E-state index is -0.425. The SMILES string of the molecule is O=C1Nc2ccccc2[C@]12C[C@H]2c1ccc2c(C=Cc3ccc(OCCN4CCOCC4)cc3)n[nH]c2c1. The molecule has 4 aromatic rings. The predicted octanol–water partition coefficient (Wildman–Crippen LogP) is 4.82. The van der Waals surface area contributed by atoms with Crippen molar-refractivity contribution in [3.63, 3.8) is 0 Å². The van der Waals surface area contributed by atoms with Crippen LogP contribution in [0.5, 0.6) is 5.75 Å². The minimum absolute atomic E-state index is 0.116. The van der Waals surface area contributed by atoms with Gasteiger partial charge in [-0.2, -0.15) is 5.10 Å². The van der Waals surface area contributed by atoms with Gasteiger partial charge in [0.15, 0.2) is 0 Å². The van der Waals surface area contributed by atoms with E-state index in [2.05, 4.69) is 62.9 Å². The number of fused-ring (bicyclic) bond motifs is 3. The Bertz CT molecular complexity index is 1520. The van der Waals surface area contributed by atoms with Gasteiger partial charge in [-0.25, -0.2) is 0 Å². The first kappa shape index (κ1) is 23.2. The lowest BCUT2D eigenvalue weighted by Crippen LogP contribution is -2.38. The number of nitrogens with one attached hydrogen (secondary N) is 2. The van der Waals surface area contributed by atoms with Crippen molar-refractivity contribution < 1.29 is 14.3 Å². The molecule has 7 heteroatoms. The average molecular weight is 507 g/mol. The molecule has 1 saturated carbocycles. The molecule has 192 valence electrons. The van der Waals surface area contributed by atoms with Gasteiger partial charge in [-0.15, -0.1) is 0 Å².